The minimum atomic E-state index is -0.397. The number of carbonyl (C=O) groups is 1. The zero-order valence-electron chi connectivity index (χ0n) is 18.3. The number of rotatable bonds is 5. The van der Waals surface area contributed by atoms with Crippen LogP contribution in [0, 0.1) is 13.8 Å². The molecule has 2 heterocycles. The maximum atomic E-state index is 13.3. The van der Waals surface area contributed by atoms with Crippen LogP contribution in [0.4, 0.5) is 11.4 Å². The van der Waals surface area contributed by atoms with Crippen LogP contribution in [0.3, 0.4) is 0 Å². The van der Waals surface area contributed by atoms with E-state index in [2.05, 4.69) is 15.3 Å². The van der Waals surface area contributed by atoms with Crippen LogP contribution in [0.1, 0.15) is 27.2 Å². The Hall–Kier alpha value is -3.68. The molecular weight excluding hydrogens is 442 g/mol. The molecule has 0 aliphatic carbocycles. The number of aryl methyl sites for hydroxylation is 2. The van der Waals surface area contributed by atoms with Crippen molar-refractivity contribution in [1.29, 1.82) is 0 Å². The average Bonchev–Trinajstić information content (AvgIpc) is 2.81. The number of fused-ring (bicyclic) bond motifs is 1. The zero-order chi connectivity index (χ0) is 23.5. The molecule has 33 heavy (non-hydrogen) atoms. The number of ether oxygens (including phenoxy) is 1. The summed E-state index contributed by atoms with van der Waals surface area (Å²) in [5.74, 6) is 0.114. The number of amides is 1. The van der Waals surface area contributed by atoms with Gasteiger partial charge in [-0.2, -0.15) is 0 Å². The molecule has 0 bridgehead atoms. The van der Waals surface area contributed by atoms with Gasteiger partial charge in [-0.25, -0.2) is 4.99 Å². The van der Waals surface area contributed by atoms with Gasteiger partial charge in [0.1, 0.15) is 11.3 Å². The third-order valence-electron chi connectivity index (χ3n) is 5.23. The Morgan fingerprint density at radius 3 is 2.70 bits per heavy atom. The second-order valence-corrected chi connectivity index (χ2v) is 7.84. The van der Waals surface area contributed by atoms with Gasteiger partial charge in [0.05, 0.1) is 30.1 Å². The lowest BCUT2D eigenvalue weighted by atomic mass is 10.1. The Labute approximate surface area is 195 Å². The van der Waals surface area contributed by atoms with E-state index in [1.165, 1.54) is 7.11 Å². The van der Waals surface area contributed by atoms with Gasteiger partial charge < -0.3 is 19.6 Å². The minimum absolute atomic E-state index is 0.0924. The fraction of sp³-hybridized carbons (Fsp3) is 0.160. The molecular formula is C25H22ClN3O4. The van der Waals surface area contributed by atoms with E-state index in [-0.39, 0.29) is 17.7 Å². The highest BCUT2D eigenvalue weighted by Gasteiger charge is 2.17. The first-order valence-electron chi connectivity index (χ1n) is 10.2. The van der Waals surface area contributed by atoms with E-state index in [9.17, 15) is 9.90 Å². The summed E-state index contributed by atoms with van der Waals surface area (Å²) in [6.07, 6.45) is 1.57. The highest BCUT2D eigenvalue weighted by molar-refractivity contribution is 6.32. The van der Waals surface area contributed by atoms with Crippen LogP contribution < -0.4 is 15.6 Å². The quantitative estimate of drug-likeness (QED) is 0.430. The van der Waals surface area contributed by atoms with Crippen molar-refractivity contribution in [2.24, 2.45) is 4.99 Å². The number of para-hydroxylation sites is 1. The van der Waals surface area contributed by atoms with Gasteiger partial charge in [-0.15, -0.1) is 0 Å². The summed E-state index contributed by atoms with van der Waals surface area (Å²) < 4.78 is 11.3. The molecule has 2 N–H and O–H groups in total. The summed E-state index contributed by atoms with van der Waals surface area (Å²) in [6.45, 7) is 3.45. The Balaban J connectivity index is 1.93. The molecule has 0 spiro atoms. The molecule has 7 nitrogen and oxygen atoms in total. The predicted octanol–water partition coefficient (Wildman–Crippen LogP) is 5.08. The topological polar surface area (TPSA) is 97.0 Å². The molecule has 0 atom stereocenters. The van der Waals surface area contributed by atoms with Crippen LogP contribution >= 0.6 is 11.6 Å². The first-order chi connectivity index (χ1) is 15.9. The van der Waals surface area contributed by atoms with Crippen molar-refractivity contribution in [2.45, 2.75) is 20.5 Å². The van der Waals surface area contributed by atoms with Crippen LogP contribution in [0.5, 0.6) is 5.75 Å². The number of halogens is 1. The summed E-state index contributed by atoms with van der Waals surface area (Å²) >= 11 is 6.25. The third kappa shape index (κ3) is 4.60. The number of carbonyl (C=O) groups excluding carboxylic acids is 1. The van der Waals surface area contributed by atoms with Crippen LogP contribution in [0.2, 0.25) is 5.02 Å². The number of nitrogens with one attached hydrogen (secondary N) is 1. The molecule has 4 rings (SSSR count). The van der Waals surface area contributed by atoms with E-state index in [4.69, 9.17) is 20.8 Å². The minimum Gasteiger partial charge on any atom is -0.495 e. The molecule has 0 radical (unpaired) electrons. The van der Waals surface area contributed by atoms with Gasteiger partial charge in [0.15, 0.2) is 5.58 Å². The molecule has 8 heteroatoms. The molecule has 2 aromatic carbocycles. The van der Waals surface area contributed by atoms with E-state index >= 15 is 0 Å². The predicted molar refractivity (Wildman–Crippen MR) is 127 cm³/mol. The number of hydrogen-bond donors (Lipinski definition) is 2. The second-order valence-electron chi connectivity index (χ2n) is 7.43. The number of aromatic nitrogens is 1. The van der Waals surface area contributed by atoms with Crippen molar-refractivity contribution < 1.29 is 19.1 Å². The van der Waals surface area contributed by atoms with Crippen molar-refractivity contribution >= 4 is 39.9 Å². The highest BCUT2D eigenvalue weighted by atomic mass is 35.5. The van der Waals surface area contributed by atoms with E-state index in [0.717, 1.165) is 5.56 Å². The highest BCUT2D eigenvalue weighted by Crippen LogP contribution is 2.29. The number of nitrogens with zero attached hydrogens (tertiary/aromatic N) is 2. The number of methoxy groups -OCH3 is 1. The molecule has 0 unspecified atom stereocenters. The molecule has 1 amide bonds. The van der Waals surface area contributed by atoms with E-state index in [0.29, 0.717) is 44.4 Å². The van der Waals surface area contributed by atoms with Crippen molar-refractivity contribution in [1.82, 2.24) is 4.98 Å². The summed E-state index contributed by atoms with van der Waals surface area (Å²) in [5.41, 5.74) is 3.97. The molecule has 0 aliphatic rings. The second kappa shape index (κ2) is 9.44. The molecule has 0 saturated carbocycles. The van der Waals surface area contributed by atoms with Gasteiger partial charge in [0, 0.05) is 22.8 Å². The Kier molecular flexibility index (Phi) is 6.44. The number of aliphatic hydroxyl groups is 1. The molecule has 0 fully saturated rings. The van der Waals surface area contributed by atoms with Crippen molar-refractivity contribution in [2.75, 3.05) is 12.4 Å². The Bertz CT molecular complexity index is 1430. The summed E-state index contributed by atoms with van der Waals surface area (Å²) in [7, 11) is 1.53. The molecule has 4 aromatic rings. The van der Waals surface area contributed by atoms with Crippen molar-refractivity contribution in [3.05, 3.63) is 87.7 Å². The monoisotopic (exact) mass is 463 g/mol. The number of pyridine rings is 1. The lowest BCUT2D eigenvalue weighted by Gasteiger charge is -2.11. The SMILES string of the molecule is COc1ccc(N=c2oc3c(C)ncc(CO)c3cc2C(=O)Nc2ccccc2C)cc1Cl. The first-order valence-corrected chi connectivity index (χ1v) is 10.6. The molecule has 0 saturated heterocycles. The molecule has 168 valence electrons. The summed E-state index contributed by atoms with van der Waals surface area (Å²) in [4.78, 5) is 22.2. The normalized spacial score (nSPS) is 11.6. The number of benzene rings is 2. The van der Waals surface area contributed by atoms with Crippen molar-refractivity contribution in [3.8, 4) is 5.75 Å². The lowest BCUT2D eigenvalue weighted by Crippen LogP contribution is -2.22. The van der Waals surface area contributed by atoms with Crippen LogP contribution in [-0.2, 0) is 6.61 Å². The fourth-order valence-electron chi connectivity index (χ4n) is 3.41. The van der Waals surface area contributed by atoms with Gasteiger partial charge >= 0.3 is 0 Å². The zero-order valence-corrected chi connectivity index (χ0v) is 19.1. The van der Waals surface area contributed by atoms with Gasteiger partial charge in [-0.05, 0) is 49.7 Å². The van der Waals surface area contributed by atoms with Crippen LogP contribution in [0.15, 0.2) is 64.1 Å². The maximum Gasteiger partial charge on any atom is 0.261 e. The van der Waals surface area contributed by atoms with Gasteiger partial charge in [0.25, 0.3) is 5.91 Å². The largest absolute Gasteiger partial charge is 0.495 e. The fourth-order valence-corrected chi connectivity index (χ4v) is 3.66. The van der Waals surface area contributed by atoms with Gasteiger partial charge in [0.2, 0.25) is 5.55 Å². The smallest absolute Gasteiger partial charge is 0.261 e. The summed E-state index contributed by atoms with van der Waals surface area (Å²) in [6, 6.07) is 14.1. The standard InChI is InChI=1S/C25H22ClN3O4/c1-14-6-4-5-7-21(14)29-24(31)19-11-18-16(13-30)12-27-15(2)23(18)33-25(19)28-17-8-9-22(32-3)20(26)10-17/h4-12,30H,13H2,1-3H3,(H,29,31). The lowest BCUT2D eigenvalue weighted by molar-refractivity contribution is 0.102. The number of anilines is 1. The van der Waals surface area contributed by atoms with Crippen LogP contribution in [0.25, 0.3) is 11.0 Å². The van der Waals surface area contributed by atoms with E-state index in [1.54, 1.807) is 37.4 Å². The first kappa shape index (κ1) is 22.5. The average molecular weight is 464 g/mol. The van der Waals surface area contributed by atoms with Crippen LogP contribution in [-0.4, -0.2) is 23.1 Å². The Morgan fingerprint density at radius 1 is 1.21 bits per heavy atom. The van der Waals surface area contributed by atoms with E-state index < -0.39 is 5.91 Å². The molecule has 2 aromatic heterocycles. The number of hydrogen-bond acceptors (Lipinski definition) is 6. The van der Waals surface area contributed by atoms with Gasteiger partial charge in [-0.3, -0.25) is 9.78 Å². The van der Waals surface area contributed by atoms with E-state index in [1.807, 2.05) is 31.2 Å². The number of aliphatic hydroxyl groups excluding tert-OH is 1. The molecule has 0 aliphatic heterocycles. The third-order valence-corrected chi connectivity index (χ3v) is 5.52. The Morgan fingerprint density at radius 2 is 2.00 bits per heavy atom. The summed E-state index contributed by atoms with van der Waals surface area (Å²) in [5, 5.41) is 13.7. The van der Waals surface area contributed by atoms with Crippen molar-refractivity contribution in [3.63, 3.8) is 0 Å². The maximum absolute atomic E-state index is 13.3. The van der Waals surface area contributed by atoms with Gasteiger partial charge in [-0.1, -0.05) is 29.8 Å².